The van der Waals surface area contributed by atoms with Crippen LogP contribution in [0.5, 0.6) is 0 Å². The van der Waals surface area contributed by atoms with E-state index < -0.39 is 17.6 Å². The van der Waals surface area contributed by atoms with Crippen molar-refractivity contribution in [3.8, 4) is 0 Å². The number of amides is 1. The number of fused-ring (bicyclic) bond motifs is 2. The number of nitrogens with one attached hydrogen (secondary N) is 1. The van der Waals surface area contributed by atoms with Gasteiger partial charge in [0.05, 0.1) is 30.2 Å². The van der Waals surface area contributed by atoms with Crippen molar-refractivity contribution in [2.75, 3.05) is 0 Å². The van der Waals surface area contributed by atoms with Crippen LogP contribution in [0.25, 0.3) is 5.65 Å². The molecule has 2 heterocycles. The Kier molecular flexibility index (Phi) is 5.21. The lowest BCUT2D eigenvalue weighted by Gasteiger charge is -2.31. The van der Waals surface area contributed by atoms with E-state index in [1.54, 1.807) is 16.9 Å². The lowest BCUT2D eigenvalue weighted by Crippen LogP contribution is -2.32. The van der Waals surface area contributed by atoms with Gasteiger partial charge in [0.1, 0.15) is 5.67 Å². The van der Waals surface area contributed by atoms with Gasteiger partial charge in [0, 0.05) is 19.3 Å². The van der Waals surface area contributed by atoms with E-state index in [4.69, 9.17) is 5.73 Å². The summed E-state index contributed by atoms with van der Waals surface area (Å²) >= 11 is 0. The molecule has 5 aliphatic carbocycles. The minimum atomic E-state index is -2.58. The summed E-state index contributed by atoms with van der Waals surface area (Å²) in [6.45, 7) is 0. The highest BCUT2D eigenvalue weighted by Crippen LogP contribution is 2.59. The molecule has 5 fully saturated rings. The van der Waals surface area contributed by atoms with Gasteiger partial charge in [-0.2, -0.15) is 5.10 Å². The zero-order valence-electron chi connectivity index (χ0n) is 19.2. The fourth-order valence-corrected chi connectivity index (χ4v) is 6.53. The minimum absolute atomic E-state index is 0.0157. The Bertz CT molecular complexity index is 1080. The molecule has 9 heteroatoms. The molecular formula is C25H32F3N5O. The number of halogens is 3. The summed E-state index contributed by atoms with van der Waals surface area (Å²) in [6.07, 6.45) is 8.30. The number of carbonyl (C=O) groups excluding carboxylic acids is 1. The monoisotopic (exact) mass is 475 g/mol. The number of hydrogen-bond acceptors (Lipinski definition) is 4. The maximum absolute atomic E-state index is 14.2. The maximum atomic E-state index is 14.2. The van der Waals surface area contributed by atoms with Crippen molar-refractivity contribution in [2.24, 2.45) is 29.4 Å². The van der Waals surface area contributed by atoms with Crippen molar-refractivity contribution in [3.05, 3.63) is 29.7 Å². The Morgan fingerprint density at radius 2 is 1.88 bits per heavy atom. The van der Waals surface area contributed by atoms with Gasteiger partial charge in [-0.3, -0.25) is 4.79 Å². The third kappa shape index (κ3) is 4.20. The van der Waals surface area contributed by atoms with Gasteiger partial charge in [0.15, 0.2) is 5.65 Å². The summed E-state index contributed by atoms with van der Waals surface area (Å²) in [6, 6.07) is 1.40. The predicted molar refractivity (Wildman–Crippen MR) is 120 cm³/mol. The van der Waals surface area contributed by atoms with Crippen LogP contribution in [-0.4, -0.2) is 32.1 Å². The molecule has 0 aliphatic heterocycles. The normalized spacial score (nSPS) is 32.4. The van der Waals surface area contributed by atoms with Crippen molar-refractivity contribution in [1.29, 1.82) is 0 Å². The highest BCUT2D eigenvalue weighted by molar-refractivity contribution is 5.77. The number of rotatable bonds is 7. The van der Waals surface area contributed by atoms with Gasteiger partial charge in [-0.1, -0.05) is 0 Å². The Morgan fingerprint density at radius 3 is 2.53 bits per heavy atom. The minimum Gasteiger partial charge on any atom is -0.349 e. The van der Waals surface area contributed by atoms with Crippen LogP contribution in [0.2, 0.25) is 0 Å². The van der Waals surface area contributed by atoms with E-state index in [1.165, 1.54) is 0 Å². The molecule has 5 saturated carbocycles. The first-order chi connectivity index (χ1) is 16.2. The molecule has 7 rings (SSSR count). The summed E-state index contributed by atoms with van der Waals surface area (Å²) in [5, 5.41) is 7.69. The molecule has 5 aliphatic rings. The molecule has 0 radical (unpaired) electrons. The molecule has 3 N–H and O–H groups in total. The zero-order chi connectivity index (χ0) is 23.7. The number of nitrogens with zero attached hydrogens (tertiary/aromatic N) is 3. The van der Waals surface area contributed by atoms with E-state index in [0.717, 1.165) is 18.4 Å². The van der Waals surface area contributed by atoms with Crippen LogP contribution in [-0.2, 0) is 4.79 Å². The average Bonchev–Trinajstić information content (AvgIpc) is 3.34. The van der Waals surface area contributed by atoms with Gasteiger partial charge in [-0.05, 0) is 80.2 Å². The topological polar surface area (TPSA) is 85.3 Å². The number of alkyl halides is 3. The SMILES string of the molecule is N[C@H](c1cn2ncc([C@H](NC(=O)CC3CC4(F)CC3C4)C3CC3)cc2n1)C1CCC(F)(F)CC1. The molecule has 0 spiro atoms. The molecular weight excluding hydrogens is 443 g/mol. The van der Waals surface area contributed by atoms with Gasteiger partial charge < -0.3 is 11.1 Å². The van der Waals surface area contributed by atoms with Crippen LogP contribution in [0, 0.1) is 23.7 Å². The van der Waals surface area contributed by atoms with Gasteiger partial charge in [0.2, 0.25) is 11.8 Å². The molecule has 2 aromatic heterocycles. The lowest BCUT2D eigenvalue weighted by molar-refractivity contribution is -0.123. The van der Waals surface area contributed by atoms with Gasteiger partial charge >= 0.3 is 0 Å². The van der Waals surface area contributed by atoms with Gasteiger partial charge in [-0.15, -0.1) is 0 Å². The van der Waals surface area contributed by atoms with Crippen molar-refractivity contribution in [2.45, 2.75) is 87.9 Å². The van der Waals surface area contributed by atoms with Crippen molar-refractivity contribution in [3.63, 3.8) is 0 Å². The number of aromatic nitrogens is 3. The second kappa shape index (κ2) is 7.93. The summed E-state index contributed by atoms with van der Waals surface area (Å²) in [5.74, 6) is -1.74. The summed E-state index contributed by atoms with van der Waals surface area (Å²) in [4.78, 5) is 17.5. The fraction of sp³-hybridized carbons (Fsp3) is 0.720. The summed E-state index contributed by atoms with van der Waals surface area (Å²) in [7, 11) is 0. The predicted octanol–water partition coefficient (Wildman–Crippen LogP) is 4.65. The molecule has 0 saturated heterocycles. The van der Waals surface area contributed by atoms with Crippen molar-refractivity contribution in [1.82, 2.24) is 19.9 Å². The molecule has 34 heavy (non-hydrogen) atoms. The largest absolute Gasteiger partial charge is 0.349 e. The first kappa shape index (κ1) is 22.3. The Labute approximate surface area is 196 Å². The number of carbonyl (C=O) groups is 1. The molecule has 3 atom stereocenters. The van der Waals surface area contributed by atoms with Crippen LogP contribution in [0.1, 0.15) is 87.5 Å². The molecule has 6 nitrogen and oxygen atoms in total. The van der Waals surface area contributed by atoms with E-state index in [0.29, 0.717) is 61.7 Å². The fourth-order valence-electron chi connectivity index (χ4n) is 6.53. The Hall–Kier alpha value is -2.16. The first-order valence-electron chi connectivity index (χ1n) is 12.6. The molecule has 1 amide bonds. The molecule has 0 aromatic carbocycles. The summed E-state index contributed by atoms with van der Waals surface area (Å²) < 4.78 is 42.9. The number of nitrogens with two attached hydrogens (primary N) is 1. The van der Waals surface area contributed by atoms with Crippen LogP contribution < -0.4 is 11.1 Å². The quantitative estimate of drug-likeness (QED) is 0.611. The third-order valence-electron chi connectivity index (χ3n) is 8.74. The summed E-state index contributed by atoms with van der Waals surface area (Å²) in [5.41, 5.74) is 7.60. The number of imidazole rings is 1. The lowest BCUT2D eigenvalue weighted by atomic mass is 9.80. The molecule has 2 aromatic rings. The van der Waals surface area contributed by atoms with E-state index in [2.05, 4.69) is 15.4 Å². The Balaban J connectivity index is 1.15. The van der Waals surface area contributed by atoms with Gasteiger partial charge in [0.25, 0.3) is 0 Å². The zero-order valence-corrected chi connectivity index (χ0v) is 19.2. The van der Waals surface area contributed by atoms with E-state index in [1.807, 2.05) is 6.07 Å². The van der Waals surface area contributed by atoms with Crippen LogP contribution in [0.15, 0.2) is 18.5 Å². The van der Waals surface area contributed by atoms with E-state index in [-0.39, 0.29) is 36.6 Å². The van der Waals surface area contributed by atoms with Crippen LogP contribution >= 0.6 is 0 Å². The van der Waals surface area contributed by atoms with Crippen LogP contribution in [0.3, 0.4) is 0 Å². The highest BCUT2D eigenvalue weighted by atomic mass is 19.3. The standard InChI is InChI=1S/C25H32F3N5O/c26-24-9-16(18(10-24)11-24)8-21(34)32-23(15-1-2-15)17-7-20-31-19(13-33(20)30-12-17)22(29)14-3-5-25(27,28)6-4-14/h7,12-16,18,22-23H,1-6,8-11,29H2,(H,32,34)/t16?,18?,22-,23+,24?/m0/s1. The molecule has 184 valence electrons. The first-order valence-corrected chi connectivity index (χ1v) is 12.6. The van der Waals surface area contributed by atoms with E-state index in [9.17, 15) is 18.0 Å². The van der Waals surface area contributed by atoms with Crippen LogP contribution in [0.4, 0.5) is 13.2 Å². The second-order valence-electron chi connectivity index (χ2n) is 11.3. The van der Waals surface area contributed by atoms with E-state index >= 15 is 0 Å². The second-order valence-corrected chi connectivity index (χ2v) is 11.3. The molecule has 2 bridgehead atoms. The smallest absolute Gasteiger partial charge is 0.248 e. The highest BCUT2D eigenvalue weighted by Gasteiger charge is 2.57. The average molecular weight is 476 g/mol. The van der Waals surface area contributed by atoms with Crippen molar-refractivity contribution < 1.29 is 18.0 Å². The van der Waals surface area contributed by atoms with Crippen molar-refractivity contribution >= 4 is 11.6 Å². The Morgan fingerprint density at radius 1 is 1.15 bits per heavy atom. The molecule has 1 unspecified atom stereocenters. The third-order valence-corrected chi connectivity index (χ3v) is 8.74. The van der Waals surface area contributed by atoms with Gasteiger partial charge in [-0.25, -0.2) is 22.7 Å². The maximum Gasteiger partial charge on any atom is 0.248 e. The number of hydrogen-bond donors (Lipinski definition) is 2.